The molecule has 0 saturated carbocycles. The van der Waals surface area contributed by atoms with E-state index in [0.717, 1.165) is 22.6 Å². The van der Waals surface area contributed by atoms with E-state index in [1.807, 2.05) is 79.7 Å². The predicted octanol–water partition coefficient (Wildman–Crippen LogP) is 6.22. The van der Waals surface area contributed by atoms with Gasteiger partial charge in [-0.2, -0.15) is 0 Å². The Morgan fingerprint density at radius 2 is 1.76 bits per heavy atom. The van der Waals surface area contributed by atoms with Gasteiger partial charge in [0.15, 0.2) is 16.7 Å². The Hall–Kier alpha value is -3.42. The normalized spacial score (nSPS) is 15.4. The van der Waals surface area contributed by atoms with Gasteiger partial charge >= 0.3 is 0 Å². The SMILES string of the molecule is CCOc1cc(/C=C2\SC(=Nc3ccc(OC)cc3)NC2=O)ccc1OCc1ccc(Cl)cc1. The number of hydrogen-bond acceptors (Lipinski definition) is 6. The van der Waals surface area contributed by atoms with Gasteiger partial charge < -0.3 is 19.5 Å². The molecule has 0 bridgehead atoms. The molecule has 174 valence electrons. The Balaban J connectivity index is 1.48. The summed E-state index contributed by atoms with van der Waals surface area (Å²) in [6.07, 6.45) is 1.81. The maximum Gasteiger partial charge on any atom is 0.264 e. The van der Waals surface area contributed by atoms with Gasteiger partial charge in [0.1, 0.15) is 12.4 Å². The summed E-state index contributed by atoms with van der Waals surface area (Å²) in [5.74, 6) is 1.79. The molecule has 1 aliphatic heterocycles. The molecule has 0 radical (unpaired) electrons. The van der Waals surface area contributed by atoms with Crippen LogP contribution in [-0.2, 0) is 11.4 Å². The fraction of sp³-hybridized carbons (Fsp3) is 0.154. The van der Waals surface area contributed by atoms with Crippen LogP contribution in [0.5, 0.6) is 17.2 Å². The minimum absolute atomic E-state index is 0.196. The molecule has 1 amide bonds. The topological polar surface area (TPSA) is 69.2 Å². The second kappa shape index (κ2) is 11.1. The third-order valence-corrected chi connectivity index (χ3v) is 5.99. The molecule has 3 aromatic rings. The van der Waals surface area contributed by atoms with E-state index in [2.05, 4.69) is 10.3 Å². The molecule has 3 aromatic carbocycles. The molecule has 0 spiro atoms. The summed E-state index contributed by atoms with van der Waals surface area (Å²) in [6.45, 7) is 2.79. The van der Waals surface area contributed by atoms with E-state index in [9.17, 15) is 4.79 Å². The van der Waals surface area contributed by atoms with Crippen LogP contribution >= 0.6 is 23.4 Å². The van der Waals surface area contributed by atoms with E-state index in [4.69, 9.17) is 25.8 Å². The summed E-state index contributed by atoms with van der Waals surface area (Å²) < 4.78 is 16.9. The first-order valence-electron chi connectivity index (χ1n) is 10.6. The lowest BCUT2D eigenvalue weighted by Gasteiger charge is -2.13. The zero-order valence-electron chi connectivity index (χ0n) is 18.7. The zero-order valence-corrected chi connectivity index (χ0v) is 20.3. The fourth-order valence-corrected chi connectivity index (χ4v) is 4.12. The highest BCUT2D eigenvalue weighted by Gasteiger charge is 2.24. The standard InChI is InChI=1S/C26H23ClN2O4S/c1-3-32-23-14-18(6-13-22(23)33-16-17-4-7-19(27)8-5-17)15-24-25(30)29-26(34-24)28-20-9-11-21(31-2)12-10-20/h4-15H,3,16H2,1-2H3,(H,28,29,30)/b24-15-. The number of rotatable bonds is 8. The molecule has 0 aromatic heterocycles. The van der Waals surface area contributed by atoms with Crippen molar-refractivity contribution in [3.63, 3.8) is 0 Å². The highest BCUT2D eigenvalue weighted by atomic mass is 35.5. The summed E-state index contributed by atoms with van der Waals surface area (Å²) in [7, 11) is 1.61. The third-order valence-electron chi connectivity index (χ3n) is 4.83. The number of carbonyl (C=O) groups excluding carboxylic acids is 1. The first-order valence-corrected chi connectivity index (χ1v) is 11.8. The number of hydrogen-bond donors (Lipinski definition) is 1. The van der Waals surface area contributed by atoms with Crippen molar-refractivity contribution in [3.05, 3.63) is 87.8 Å². The second-order valence-electron chi connectivity index (χ2n) is 7.23. The Morgan fingerprint density at radius 3 is 2.47 bits per heavy atom. The maximum atomic E-state index is 12.5. The molecule has 1 aliphatic rings. The minimum atomic E-state index is -0.196. The van der Waals surface area contributed by atoms with Crippen LogP contribution in [0.15, 0.2) is 76.6 Å². The Morgan fingerprint density at radius 1 is 1.00 bits per heavy atom. The molecule has 4 rings (SSSR count). The van der Waals surface area contributed by atoms with Crippen LogP contribution in [0.4, 0.5) is 5.69 Å². The van der Waals surface area contributed by atoms with Crippen LogP contribution in [0.2, 0.25) is 5.02 Å². The van der Waals surface area contributed by atoms with Gasteiger partial charge in [-0.15, -0.1) is 0 Å². The maximum absolute atomic E-state index is 12.5. The first-order chi connectivity index (χ1) is 16.5. The molecule has 1 heterocycles. The smallest absolute Gasteiger partial charge is 0.264 e. The van der Waals surface area contributed by atoms with Crippen LogP contribution in [0.25, 0.3) is 6.08 Å². The van der Waals surface area contributed by atoms with E-state index in [1.165, 1.54) is 11.8 Å². The summed E-state index contributed by atoms with van der Waals surface area (Å²) in [4.78, 5) is 17.5. The van der Waals surface area contributed by atoms with E-state index < -0.39 is 0 Å². The van der Waals surface area contributed by atoms with Crippen LogP contribution < -0.4 is 19.5 Å². The van der Waals surface area contributed by atoms with Gasteiger partial charge in [0.05, 0.1) is 24.3 Å². The van der Waals surface area contributed by atoms with E-state index >= 15 is 0 Å². The highest BCUT2D eigenvalue weighted by Crippen LogP contribution is 2.33. The van der Waals surface area contributed by atoms with Crippen molar-refractivity contribution in [2.24, 2.45) is 4.99 Å². The lowest BCUT2D eigenvalue weighted by molar-refractivity contribution is -0.115. The molecule has 1 fully saturated rings. The number of methoxy groups -OCH3 is 1. The lowest BCUT2D eigenvalue weighted by Crippen LogP contribution is -2.19. The van der Waals surface area contributed by atoms with Crippen molar-refractivity contribution in [3.8, 4) is 17.2 Å². The number of halogens is 1. The Bertz CT molecular complexity index is 1220. The number of benzene rings is 3. The van der Waals surface area contributed by atoms with Crippen molar-refractivity contribution in [1.29, 1.82) is 0 Å². The molecule has 1 N–H and O–H groups in total. The molecule has 6 nitrogen and oxygen atoms in total. The van der Waals surface area contributed by atoms with Crippen molar-refractivity contribution >= 4 is 46.2 Å². The molecule has 0 unspecified atom stereocenters. The van der Waals surface area contributed by atoms with Gasteiger partial charge in [0.25, 0.3) is 5.91 Å². The molecule has 0 atom stereocenters. The molecule has 1 saturated heterocycles. The van der Waals surface area contributed by atoms with Crippen LogP contribution in [0.3, 0.4) is 0 Å². The van der Waals surface area contributed by atoms with E-state index in [0.29, 0.717) is 39.8 Å². The zero-order chi connectivity index (χ0) is 23.9. The monoisotopic (exact) mass is 494 g/mol. The number of aliphatic imine (C=N–C) groups is 1. The summed E-state index contributed by atoms with van der Waals surface area (Å²) in [6, 6.07) is 20.4. The second-order valence-corrected chi connectivity index (χ2v) is 8.70. The first kappa shape index (κ1) is 23.7. The number of carbonyl (C=O) groups is 1. The molecular formula is C26H23ClN2O4S. The summed E-state index contributed by atoms with van der Waals surface area (Å²) >= 11 is 7.23. The molecule has 34 heavy (non-hydrogen) atoms. The number of nitrogens with zero attached hydrogens (tertiary/aromatic N) is 1. The summed E-state index contributed by atoms with van der Waals surface area (Å²) in [5.41, 5.74) is 2.55. The van der Waals surface area contributed by atoms with Crippen LogP contribution in [0.1, 0.15) is 18.1 Å². The largest absolute Gasteiger partial charge is 0.497 e. The molecule has 0 aliphatic carbocycles. The molecular weight excluding hydrogens is 472 g/mol. The average molecular weight is 495 g/mol. The van der Waals surface area contributed by atoms with Crippen molar-refractivity contribution in [2.75, 3.05) is 13.7 Å². The Labute approximate surface area is 207 Å². The summed E-state index contributed by atoms with van der Waals surface area (Å²) in [5, 5.41) is 4.01. The van der Waals surface area contributed by atoms with Crippen molar-refractivity contribution < 1.29 is 19.0 Å². The van der Waals surface area contributed by atoms with Gasteiger partial charge in [-0.25, -0.2) is 4.99 Å². The van der Waals surface area contributed by atoms with Crippen LogP contribution in [0, 0.1) is 0 Å². The van der Waals surface area contributed by atoms with Gasteiger partial charge in [-0.3, -0.25) is 4.79 Å². The van der Waals surface area contributed by atoms with Gasteiger partial charge in [-0.1, -0.05) is 29.8 Å². The van der Waals surface area contributed by atoms with Gasteiger partial charge in [0, 0.05) is 5.02 Å². The number of nitrogens with one attached hydrogen (secondary N) is 1. The number of ether oxygens (including phenoxy) is 3. The van der Waals surface area contributed by atoms with E-state index in [-0.39, 0.29) is 5.91 Å². The number of amidine groups is 1. The number of amides is 1. The lowest BCUT2D eigenvalue weighted by atomic mass is 10.2. The van der Waals surface area contributed by atoms with E-state index in [1.54, 1.807) is 7.11 Å². The third kappa shape index (κ3) is 6.12. The quantitative estimate of drug-likeness (QED) is 0.376. The fourth-order valence-electron chi connectivity index (χ4n) is 3.15. The number of thioether (sulfide) groups is 1. The van der Waals surface area contributed by atoms with Crippen molar-refractivity contribution in [1.82, 2.24) is 5.32 Å². The minimum Gasteiger partial charge on any atom is -0.497 e. The van der Waals surface area contributed by atoms with Gasteiger partial charge in [0.2, 0.25) is 0 Å². The predicted molar refractivity (Wildman–Crippen MR) is 137 cm³/mol. The molecule has 8 heteroatoms. The Kier molecular flexibility index (Phi) is 7.77. The van der Waals surface area contributed by atoms with Crippen molar-refractivity contribution in [2.45, 2.75) is 13.5 Å². The van der Waals surface area contributed by atoms with Gasteiger partial charge in [-0.05, 0) is 84.4 Å². The highest BCUT2D eigenvalue weighted by molar-refractivity contribution is 8.18. The average Bonchev–Trinajstić information content (AvgIpc) is 3.18. The van der Waals surface area contributed by atoms with Crippen LogP contribution in [-0.4, -0.2) is 24.8 Å².